The van der Waals surface area contributed by atoms with E-state index < -0.39 is 5.97 Å². The van der Waals surface area contributed by atoms with Gasteiger partial charge in [0.25, 0.3) is 0 Å². The zero-order valence-electron chi connectivity index (χ0n) is 16.8. The number of halogens is 1. The Hall–Kier alpha value is -2.79. The van der Waals surface area contributed by atoms with E-state index in [1.54, 1.807) is 19.1 Å². The Balaban J connectivity index is 1.47. The van der Waals surface area contributed by atoms with E-state index in [1.165, 1.54) is 28.2 Å². The molecule has 8 nitrogen and oxygen atoms in total. The molecule has 0 fully saturated rings. The number of aromatic nitrogens is 4. The summed E-state index contributed by atoms with van der Waals surface area (Å²) in [6.45, 7) is 2.04. The SMILES string of the molecule is CCOC(=O)c1c(NC(=O)CSc2nnnn2-c2ccc(F)cc2)sc2c1CCCC2. The molecular weight excluding hydrogens is 441 g/mol. The van der Waals surface area contributed by atoms with Crippen molar-refractivity contribution in [2.75, 3.05) is 17.7 Å². The first-order chi connectivity index (χ1) is 15.1. The molecule has 2 aromatic heterocycles. The van der Waals surface area contributed by atoms with Gasteiger partial charge in [-0.2, -0.15) is 4.68 Å². The van der Waals surface area contributed by atoms with E-state index in [4.69, 9.17) is 4.74 Å². The molecule has 0 spiro atoms. The summed E-state index contributed by atoms with van der Waals surface area (Å²) in [6.07, 6.45) is 3.82. The van der Waals surface area contributed by atoms with E-state index in [0.717, 1.165) is 47.9 Å². The van der Waals surface area contributed by atoms with Gasteiger partial charge >= 0.3 is 5.97 Å². The number of hydrogen-bond acceptors (Lipinski definition) is 8. The molecule has 0 unspecified atom stereocenters. The van der Waals surface area contributed by atoms with Crippen LogP contribution in [0.25, 0.3) is 5.69 Å². The Morgan fingerprint density at radius 1 is 1.26 bits per heavy atom. The monoisotopic (exact) mass is 461 g/mol. The number of anilines is 1. The van der Waals surface area contributed by atoms with Crippen LogP contribution < -0.4 is 5.32 Å². The van der Waals surface area contributed by atoms with Crippen molar-refractivity contribution in [1.29, 1.82) is 0 Å². The number of thiophene rings is 1. The van der Waals surface area contributed by atoms with Gasteiger partial charge in [0.15, 0.2) is 0 Å². The van der Waals surface area contributed by atoms with Crippen molar-refractivity contribution in [2.24, 2.45) is 0 Å². The molecule has 1 aromatic carbocycles. The van der Waals surface area contributed by atoms with Crippen molar-refractivity contribution in [3.63, 3.8) is 0 Å². The van der Waals surface area contributed by atoms with Crippen molar-refractivity contribution in [2.45, 2.75) is 37.8 Å². The summed E-state index contributed by atoms with van der Waals surface area (Å²) in [7, 11) is 0. The highest BCUT2D eigenvalue weighted by Gasteiger charge is 2.27. The Kier molecular flexibility index (Phi) is 6.62. The standard InChI is InChI=1S/C20H20FN5O3S2/c1-2-29-19(28)17-14-5-3-4-6-15(14)31-18(17)22-16(27)11-30-20-23-24-25-26(20)13-9-7-12(21)8-10-13/h7-10H,2-6,11H2,1H3,(H,22,27). The number of aryl methyl sites for hydroxylation is 1. The number of ether oxygens (including phenoxy) is 1. The summed E-state index contributed by atoms with van der Waals surface area (Å²) in [6, 6.07) is 5.73. The van der Waals surface area contributed by atoms with Crippen molar-refractivity contribution in [3.05, 3.63) is 46.1 Å². The number of amides is 1. The summed E-state index contributed by atoms with van der Waals surface area (Å²) in [5.41, 5.74) is 2.07. The molecule has 1 aliphatic rings. The summed E-state index contributed by atoms with van der Waals surface area (Å²) in [4.78, 5) is 26.3. The highest BCUT2D eigenvalue weighted by atomic mass is 32.2. The van der Waals surface area contributed by atoms with E-state index in [9.17, 15) is 14.0 Å². The van der Waals surface area contributed by atoms with Gasteiger partial charge in [-0.15, -0.1) is 16.4 Å². The number of rotatable bonds is 7. The lowest BCUT2D eigenvalue weighted by Gasteiger charge is -2.12. The topological polar surface area (TPSA) is 99.0 Å². The molecule has 4 rings (SSSR count). The van der Waals surface area contributed by atoms with Crippen molar-refractivity contribution >= 4 is 40.0 Å². The minimum Gasteiger partial charge on any atom is -0.462 e. The van der Waals surface area contributed by atoms with Gasteiger partial charge in [0.05, 0.1) is 23.6 Å². The van der Waals surface area contributed by atoms with Crippen LogP contribution in [0.4, 0.5) is 9.39 Å². The zero-order chi connectivity index (χ0) is 21.8. The maximum atomic E-state index is 13.2. The summed E-state index contributed by atoms with van der Waals surface area (Å²) in [5.74, 6) is -0.985. The number of nitrogens with one attached hydrogen (secondary N) is 1. The lowest BCUT2D eigenvalue weighted by molar-refractivity contribution is -0.113. The molecule has 0 aliphatic heterocycles. The maximum absolute atomic E-state index is 13.2. The summed E-state index contributed by atoms with van der Waals surface area (Å²) >= 11 is 2.60. The second-order valence-corrected chi connectivity index (χ2v) is 8.87. The van der Waals surface area contributed by atoms with Gasteiger partial charge in [0.2, 0.25) is 11.1 Å². The number of hydrogen-bond donors (Lipinski definition) is 1. The van der Waals surface area contributed by atoms with E-state index in [0.29, 0.717) is 21.4 Å². The molecule has 0 bridgehead atoms. The highest BCUT2D eigenvalue weighted by molar-refractivity contribution is 7.99. The minimum absolute atomic E-state index is 0.0480. The third-order valence-corrected chi connectivity index (χ3v) is 6.87. The lowest BCUT2D eigenvalue weighted by Crippen LogP contribution is -2.17. The largest absolute Gasteiger partial charge is 0.462 e. The number of thioether (sulfide) groups is 1. The van der Waals surface area contributed by atoms with Gasteiger partial charge in [-0.3, -0.25) is 4.79 Å². The Labute approximate surface area is 186 Å². The Morgan fingerprint density at radius 3 is 2.81 bits per heavy atom. The number of esters is 1. The van der Waals surface area contributed by atoms with Crippen LogP contribution in [-0.4, -0.2) is 44.4 Å². The maximum Gasteiger partial charge on any atom is 0.341 e. The van der Waals surface area contributed by atoms with Crippen LogP contribution in [-0.2, 0) is 22.4 Å². The first-order valence-electron chi connectivity index (χ1n) is 9.85. The van der Waals surface area contributed by atoms with Gasteiger partial charge in [-0.1, -0.05) is 11.8 Å². The van der Waals surface area contributed by atoms with Crippen LogP contribution in [0.5, 0.6) is 0 Å². The van der Waals surface area contributed by atoms with Gasteiger partial charge in [0.1, 0.15) is 10.8 Å². The van der Waals surface area contributed by atoms with E-state index in [2.05, 4.69) is 20.8 Å². The Morgan fingerprint density at radius 2 is 2.03 bits per heavy atom. The molecule has 3 aromatic rings. The van der Waals surface area contributed by atoms with Crippen LogP contribution in [0.3, 0.4) is 0 Å². The second kappa shape index (κ2) is 9.56. The van der Waals surface area contributed by atoms with E-state index in [1.807, 2.05) is 0 Å². The second-order valence-electron chi connectivity index (χ2n) is 6.82. The fourth-order valence-corrected chi connectivity index (χ4v) is 5.36. The van der Waals surface area contributed by atoms with Gasteiger partial charge in [-0.05, 0) is 72.9 Å². The zero-order valence-corrected chi connectivity index (χ0v) is 18.4. The predicted octanol–water partition coefficient (Wildman–Crippen LogP) is 3.65. The van der Waals surface area contributed by atoms with Crippen LogP contribution in [0.2, 0.25) is 0 Å². The van der Waals surface area contributed by atoms with Gasteiger partial charge in [-0.25, -0.2) is 9.18 Å². The molecule has 1 amide bonds. The molecular formula is C20H20FN5O3S2. The fraction of sp³-hybridized carbons (Fsp3) is 0.350. The number of carbonyl (C=O) groups is 2. The molecule has 11 heteroatoms. The van der Waals surface area contributed by atoms with Crippen LogP contribution in [0.1, 0.15) is 40.6 Å². The van der Waals surface area contributed by atoms with Crippen molar-refractivity contribution in [1.82, 2.24) is 20.2 Å². The Bertz CT molecular complexity index is 1100. The van der Waals surface area contributed by atoms with Crippen LogP contribution in [0.15, 0.2) is 29.4 Å². The predicted molar refractivity (Wildman–Crippen MR) is 115 cm³/mol. The van der Waals surface area contributed by atoms with E-state index >= 15 is 0 Å². The van der Waals surface area contributed by atoms with Crippen molar-refractivity contribution in [3.8, 4) is 5.69 Å². The molecule has 0 saturated heterocycles. The first kappa shape index (κ1) is 21.4. The number of fused-ring (bicyclic) bond motifs is 1. The average Bonchev–Trinajstić information content (AvgIpc) is 3.37. The molecule has 2 heterocycles. The highest BCUT2D eigenvalue weighted by Crippen LogP contribution is 2.38. The number of nitrogens with zero attached hydrogens (tertiary/aromatic N) is 4. The minimum atomic E-state index is -0.398. The van der Waals surface area contributed by atoms with E-state index in [-0.39, 0.29) is 24.1 Å². The normalized spacial score (nSPS) is 13.0. The lowest BCUT2D eigenvalue weighted by atomic mass is 9.95. The number of tetrazole rings is 1. The molecule has 0 saturated carbocycles. The smallest absolute Gasteiger partial charge is 0.341 e. The molecule has 0 radical (unpaired) electrons. The van der Waals surface area contributed by atoms with Crippen LogP contribution >= 0.6 is 23.1 Å². The van der Waals surface area contributed by atoms with Crippen LogP contribution in [0, 0.1) is 5.82 Å². The molecule has 0 atom stereocenters. The fourth-order valence-electron chi connectivity index (χ4n) is 3.38. The quantitative estimate of drug-likeness (QED) is 0.424. The summed E-state index contributed by atoms with van der Waals surface area (Å²) < 4.78 is 19.8. The molecule has 162 valence electrons. The summed E-state index contributed by atoms with van der Waals surface area (Å²) in [5, 5.41) is 15.3. The number of benzene rings is 1. The third-order valence-electron chi connectivity index (χ3n) is 4.75. The molecule has 31 heavy (non-hydrogen) atoms. The molecule has 1 aliphatic carbocycles. The van der Waals surface area contributed by atoms with Crippen molar-refractivity contribution < 1.29 is 18.7 Å². The average molecular weight is 462 g/mol. The first-order valence-corrected chi connectivity index (χ1v) is 11.7. The number of carbonyl (C=O) groups excluding carboxylic acids is 2. The third kappa shape index (κ3) is 4.77. The van der Waals surface area contributed by atoms with Gasteiger partial charge in [0, 0.05) is 4.88 Å². The van der Waals surface area contributed by atoms with Gasteiger partial charge < -0.3 is 10.1 Å². The molecule has 1 N–H and O–H groups in total.